The second kappa shape index (κ2) is 10.6. The quantitative estimate of drug-likeness (QED) is 0.331. The van der Waals surface area contributed by atoms with E-state index in [0.29, 0.717) is 30.3 Å². The van der Waals surface area contributed by atoms with Crippen LogP contribution in [0.15, 0.2) is 53.9 Å². The Morgan fingerprint density at radius 2 is 1.87 bits per heavy atom. The third-order valence-corrected chi connectivity index (χ3v) is 7.32. The number of anilines is 1. The fourth-order valence-corrected chi connectivity index (χ4v) is 5.27. The van der Waals surface area contributed by atoms with Crippen molar-refractivity contribution in [1.29, 1.82) is 0 Å². The first-order chi connectivity index (χ1) is 18.4. The van der Waals surface area contributed by atoms with E-state index in [1.54, 1.807) is 37.4 Å². The molecule has 4 amide bonds. The van der Waals surface area contributed by atoms with Gasteiger partial charge in [-0.25, -0.2) is 14.7 Å². The highest BCUT2D eigenvalue weighted by Crippen LogP contribution is 2.36. The number of imide groups is 1. The minimum Gasteiger partial charge on any atom is -0.486 e. The molecule has 3 atom stereocenters. The largest absolute Gasteiger partial charge is 0.486 e. The van der Waals surface area contributed by atoms with E-state index in [1.165, 1.54) is 0 Å². The molecular weight excluding hydrogens is 508 g/mol. The Morgan fingerprint density at radius 1 is 1.13 bits per heavy atom. The second-order valence-corrected chi connectivity index (χ2v) is 9.80. The summed E-state index contributed by atoms with van der Waals surface area (Å²) in [5.41, 5.74) is 1.55. The monoisotopic (exact) mass is 534 g/mol. The minimum absolute atomic E-state index is 0.146. The van der Waals surface area contributed by atoms with Gasteiger partial charge in [-0.1, -0.05) is 50.2 Å². The van der Waals surface area contributed by atoms with Crippen LogP contribution in [0.4, 0.5) is 9.93 Å². The Labute approximate surface area is 223 Å². The summed E-state index contributed by atoms with van der Waals surface area (Å²) in [7, 11) is 0. The van der Waals surface area contributed by atoms with Crippen molar-refractivity contribution in [3.63, 3.8) is 0 Å². The standard InChI is InChI=1S/C27H26N4O6S/c1-3-19(32)18-14-38-26(28-18)30-24(33)23(15(2)16-7-5-4-6-8-16)31-25(34)22(29-27(31)35)17-9-10-20-21(13-17)37-12-11-36-20/h4-10,13-15,22-23H,3,11-12H2,1-2H3,(H,29,35)(H,28,30,33)/t15-,22+,23-/m0/s1. The smallest absolute Gasteiger partial charge is 0.325 e. The number of nitrogens with one attached hydrogen (secondary N) is 2. The topological polar surface area (TPSA) is 127 Å². The molecule has 1 saturated heterocycles. The molecule has 0 spiro atoms. The number of urea groups is 1. The molecule has 2 N–H and O–H groups in total. The molecule has 5 rings (SSSR count). The summed E-state index contributed by atoms with van der Waals surface area (Å²) >= 11 is 1.11. The van der Waals surface area contributed by atoms with Gasteiger partial charge in [0.15, 0.2) is 22.4 Å². The summed E-state index contributed by atoms with van der Waals surface area (Å²) in [5, 5.41) is 7.21. The second-order valence-electron chi connectivity index (χ2n) is 8.94. The van der Waals surface area contributed by atoms with E-state index in [-0.39, 0.29) is 23.0 Å². The van der Waals surface area contributed by atoms with Crippen molar-refractivity contribution in [3.8, 4) is 11.5 Å². The highest BCUT2D eigenvalue weighted by Gasteiger charge is 2.47. The van der Waals surface area contributed by atoms with Crippen LogP contribution in [-0.2, 0) is 9.59 Å². The van der Waals surface area contributed by atoms with Crippen molar-refractivity contribution >= 4 is 40.1 Å². The maximum atomic E-state index is 13.7. The predicted molar refractivity (Wildman–Crippen MR) is 140 cm³/mol. The van der Waals surface area contributed by atoms with Gasteiger partial charge in [-0.05, 0) is 23.3 Å². The summed E-state index contributed by atoms with van der Waals surface area (Å²) in [6.07, 6.45) is 0.286. The van der Waals surface area contributed by atoms with Crippen LogP contribution in [0.3, 0.4) is 0 Å². The first kappa shape index (κ1) is 25.4. The maximum Gasteiger partial charge on any atom is 0.325 e. The number of carbonyl (C=O) groups excluding carboxylic acids is 4. The van der Waals surface area contributed by atoms with Crippen molar-refractivity contribution in [2.75, 3.05) is 18.5 Å². The number of thiazole rings is 1. The number of hydrogen-bond acceptors (Lipinski definition) is 8. The van der Waals surface area contributed by atoms with Crippen LogP contribution in [0, 0.1) is 0 Å². The van der Waals surface area contributed by atoms with Gasteiger partial charge in [-0.3, -0.25) is 14.4 Å². The van der Waals surface area contributed by atoms with E-state index >= 15 is 0 Å². The molecular formula is C27H26N4O6S. The van der Waals surface area contributed by atoms with E-state index in [4.69, 9.17) is 9.47 Å². The molecule has 3 aromatic rings. The summed E-state index contributed by atoms with van der Waals surface area (Å²) in [4.78, 5) is 57.7. The summed E-state index contributed by atoms with van der Waals surface area (Å²) in [6, 6.07) is 11.4. The number of nitrogens with zero attached hydrogens (tertiary/aromatic N) is 2. The number of amides is 4. The average molecular weight is 535 g/mol. The molecule has 0 saturated carbocycles. The van der Waals surface area contributed by atoms with Crippen LogP contribution in [-0.4, -0.2) is 52.8 Å². The lowest BCUT2D eigenvalue weighted by Crippen LogP contribution is -2.50. The van der Waals surface area contributed by atoms with Gasteiger partial charge in [0.1, 0.15) is 31.0 Å². The lowest BCUT2D eigenvalue weighted by atomic mass is 9.91. The molecule has 1 aromatic heterocycles. The van der Waals surface area contributed by atoms with E-state index in [0.717, 1.165) is 21.8 Å². The van der Waals surface area contributed by atoms with Gasteiger partial charge in [0.05, 0.1) is 0 Å². The number of ether oxygens (including phenoxy) is 2. The number of benzene rings is 2. The van der Waals surface area contributed by atoms with Crippen LogP contribution >= 0.6 is 11.3 Å². The molecule has 196 valence electrons. The van der Waals surface area contributed by atoms with Crippen molar-refractivity contribution in [2.24, 2.45) is 0 Å². The molecule has 38 heavy (non-hydrogen) atoms. The highest BCUT2D eigenvalue weighted by molar-refractivity contribution is 7.14. The molecule has 0 radical (unpaired) electrons. The van der Waals surface area contributed by atoms with E-state index < -0.39 is 35.8 Å². The lowest BCUT2D eigenvalue weighted by molar-refractivity contribution is -0.134. The van der Waals surface area contributed by atoms with Gasteiger partial charge in [0.2, 0.25) is 5.91 Å². The number of fused-ring (bicyclic) bond motifs is 1. The molecule has 10 nitrogen and oxygen atoms in total. The zero-order valence-corrected chi connectivity index (χ0v) is 21.6. The van der Waals surface area contributed by atoms with Gasteiger partial charge in [0.25, 0.3) is 5.91 Å². The Hall–Kier alpha value is -4.25. The van der Waals surface area contributed by atoms with Crippen LogP contribution in [0.5, 0.6) is 11.5 Å². The van der Waals surface area contributed by atoms with Crippen LogP contribution in [0.25, 0.3) is 0 Å². The summed E-state index contributed by atoms with van der Waals surface area (Å²) in [5.74, 6) is -0.780. The molecule has 3 heterocycles. The minimum atomic E-state index is -1.18. The van der Waals surface area contributed by atoms with Crippen molar-refractivity contribution in [1.82, 2.24) is 15.2 Å². The number of carbonyl (C=O) groups is 4. The molecule has 0 unspecified atom stereocenters. The summed E-state index contributed by atoms with van der Waals surface area (Å²) in [6.45, 7) is 4.33. The first-order valence-corrected chi connectivity index (χ1v) is 13.1. The number of rotatable bonds is 8. The Bertz CT molecular complexity index is 1390. The molecule has 11 heteroatoms. The Balaban J connectivity index is 1.45. The third-order valence-electron chi connectivity index (χ3n) is 6.56. The highest BCUT2D eigenvalue weighted by atomic mass is 32.1. The number of aromatic nitrogens is 1. The van der Waals surface area contributed by atoms with Crippen LogP contribution in [0.1, 0.15) is 53.8 Å². The van der Waals surface area contributed by atoms with Crippen molar-refractivity contribution in [2.45, 2.75) is 38.3 Å². The summed E-state index contributed by atoms with van der Waals surface area (Å²) < 4.78 is 11.2. The zero-order valence-electron chi connectivity index (χ0n) is 20.8. The SMILES string of the molecule is CCC(=O)c1csc(NC(=O)[C@H]([C@@H](C)c2ccccc2)N2C(=O)N[C@H](c3ccc4c(c3)OCCO4)C2=O)n1. The molecule has 0 aliphatic carbocycles. The Kier molecular flexibility index (Phi) is 7.10. The van der Waals surface area contributed by atoms with Crippen molar-refractivity contribution in [3.05, 3.63) is 70.7 Å². The fraction of sp³-hybridized carbons (Fsp3) is 0.296. The van der Waals surface area contributed by atoms with Gasteiger partial charge >= 0.3 is 6.03 Å². The number of ketones is 1. The van der Waals surface area contributed by atoms with E-state index in [1.807, 2.05) is 30.3 Å². The predicted octanol–water partition coefficient (Wildman–Crippen LogP) is 3.91. The molecule has 2 aromatic carbocycles. The maximum absolute atomic E-state index is 13.7. The first-order valence-electron chi connectivity index (χ1n) is 12.2. The van der Waals surface area contributed by atoms with Gasteiger partial charge < -0.3 is 20.1 Å². The van der Waals surface area contributed by atoms with Gasteiger partial charge in [-0.15, -0.1) is 11.3 Å². The normalized spacial score (nSPS) is 18.1. The third kappa shape index (κ3) is 4.84. The average Bonchev–Trinajstić information content (AvgIpc) is 3.52. The van der Waals surface area contributed by atoms with Gasteiger partial charge in [-0.2, -0.15) is 0 Å². The van der Waals surface area contributed by atoms with Gasteiger partial charge in [0, 0.05) is 17.7 Å². The number of Topliss-reactive ketones (excluding diaryl/α,β-unsaturated/α-hetero) is 1. The fourth-order valence-electron chi connectivity index (χ4n) is 4.55. The number of hydrogen-bond donors (Lipinski definition) is 2. The lowest BCUT2D eigenvalue weighted by Gasteiger charge is -2.29. The zero-order chi connectivity index (χ0) is 26.8. The molecule has 2 aliphatic rings. The van der Waals surface area contributed by atoms with Crippen LogP contribution in [0.2, 0.25) is 0 Å². The van der Waals surface area contributed by atoms with E-state index in [9.17, 15) is 19.2 Å². The Morgan fingerprint density at radius 3 is 2.61 bits per heavy atom. The molecule has 0 bridgehead atoms. The molecule has 1 fully saturated rings. The van der Waals surface area contributed by atoms with E-state index in [2.05, 4.69) is 15.6 Å². The van der Waals surface area contributed by atoms with Crippen molar-refractivity contribution < 1.29 is 28.7 Å². The van der Waals surface area contributed by atoms with Crippen LogP contribution < -0.4 is 20.1 Å². The molecule has 2 aliphatic heterocycles.